The smallest absolute Gasteiger partial charge is 0.0670 e. The Labute approximate surface area is 111 Å². The van der Waals surface area contributed by atoms with Gasteiger partial charge in [0.1, 0.15) is 0 Å². The SMILES string of the molecule is NCc1ccc(Cn2cc(Br)cn2)c(Br)c1. The van der Waals surface area contributed by atoms with Crippen molar-refractivity contribution < 1.29 is 0 Å². The van der Waals surface area contributed by atoms with E-state index in [0.717, 1.165) is 21.1 Å². The van der Waals surface area contributed by atoms with Gasteiger partial charge in [-0.1, -0.05) is 28.1 Å². The van der Waals surface area contributed by atoms with Crippen molar-refractivity contribution >= 4 is 31.9 Å². The van der Waals surface area contributed by atoms with Crippen LogP contribution in [0, 0.1) is 0 Å². The molecule has 0 amide bonds. The summed E-state index contributed by atoms with van der Waals surface area (Å²) in [4.78, 5) is 0. The van der Waals surface area contributed by atoms with Gasteiger partial charge in [-0.05, 0) is 33.1 Å². The van der Waals surface area contributed by atoms with E-state index in [2.05, 4.69) is 43.0 Å². The lowest BCUT2D eigenvalue weighted by Gasteiger charge is -2.06. The first-order valence-electron chi connectivity index (χ1n) is 4.84. The number of nitrogens with zero attached hydrogens (tertiary/aromatic N) is 2. The van der Waals surface area contributed by atoms with Gasteiger partial charge in [0.15, 0.2) is 0 Å². The summed E-state index contributed by atoms with van der Waals surface area (Å²) in [5.74, 6) is 0. The highest BCUT2D eigenvalue weighted by Gasteiger charge is 2.03. The van der Waals surface area contributed by atoms with Gasteiger partial charge < -0.3 is 5.73 Å². The first-order chi connectivity index (χ1) is 7.69. The molecule has 1 aromatic heterocycles. The maximum Gasteiger partial charge on any atom is 0.0670 e. The van der Waals surface area contributed by atoms with Crippen molar-refractivity contribution in [3.05, 3.63) is 50.7 Å². The zero-order chi connectivity index (χ0) is 11.5. The highest BCUT2D eigenvalue weighted by Crippen LogP contribution is 2.20. The average Bonchev–Trinajstić information content (AvgIpc) is 2.67. The molecule has 2 rings (SSSR count). The van der Waals surface area contributed by atoms with Crippen molar-refractivity contribution in [3.8, 4) is 0 Å². The largest absolute Gasteiger partial charge is 0.326 e. The van der Waals surface area contributed by atoms with Crippen LogP contribution in [0.25, 0.3) is 0 Å². The van der Waals surface area contributed by atoms with Gasteiger partial charge in [-0.3, -0.25) is 4.68 Å². The van der Waals surface area contributed by atoms with Crippen molar-refractivity contribution in [2.45, 2.75) is 13.1 Å². The first kappa shape index (κ1) is 11.8. The molecule has 0 spiro atoms. The summed E-state index contributed by atoms with van der Waals surface area (Å²) in [5.41, 5.74) is 7.89. The third-order valence-corrected chi connectivity index (χ3v) is 3.43. The van der Waals surface area contributed by atoms with E-state index in [9.17, 15) is 0 Å². The van der Waals surface area contributed by atoms with Crippen LogP contribution in [0.3, 0.4) is 0 Å². The van der Waals surface area contributed by atoms with Crippen LogP contribution < -0.4 is 5.73 Å². The topological polar surface area (TPSA) is 43.8 Å². The fourth-order valence-electron chi connectivity index (χ4n) is 1.45. The quantitative estimate of drug-likeness (QED) is 0.930. The van der Waals surface area contributed by atoms with E-state index in [1.165, 1.54) is 5.56 Å². The molecular formula is C11H11Br2N3. The predicted octanol–water partition coefficient (Wildman–Crippen LogP) is 2.92. The van der Waals surface area contributed by atoms with Gasteiger partial charge in [-0.15, -0.1) is 0 Å². The molecular weight excluding hydrogens is 334 g/mol. The van der Waals surface area contributed by atoms with Crippen LogP contribution in [0.15, 0.2) is 39.5 Å². The van der Waals surface area contributed by atoms with Gasteiger partial charge in [0.05, 0.1) is 17.2 Å². The van der Waals surface area contributed by atoms with Gasteiger partial charge in [0.2, 0.25) is 0 Å². The molecule has 0 fully saturated rings. The van der Waals surface area contributed by atoms with Crippen molar-refractivity contribution in [1.29, 1.82) is 0 Å². The average molecular weight is 345 g/mol. The van der Waals surface area contributed by atoms with Gasteiger partial charge in [0, 0.05) is 17.2 Å². The molecule has 0 aliphatic rings. The molecule has 0 aliphatic heterocycles. The van der Waals surface area contributed by atoms with E-state index >= 15 is 0 Å². The first-order valence-corrected chi connectivity index (χ1v) is 6.43. The minimum atomic E-state index is 0.562. The molecule has 16 heavy (non-hydrogen) atoms. The molecule has 0 saturated carbocycles. The van der Waals surface area contributed by atoms with Crippen molar-refractivity contribution in [2.75, 3.05) is 0 Å². The molecule has 0 saturated heterocycles. The zero-order valence-electron chi connectivity index (χ0n) is 8.53. The lowest BCUT2D eigenvalue weighted by molar-refractivity contribution is 0.684. The highest BCUT2D eigenvalue weighted by atomic mass is 79.9. The maximum atomic E-state index is 5.58. The summed E-state index contributed by atoms with van der Waals surface area (Å²) in [5, 5.41) is 4.22. The number of halogens is 2. The highest BCUT2D eigenvalue weighted by molar-refractivity contribution is 9.10. The molecule has 0 bridgehead atoms. The van der Waals surface area contributed by atoms with E-state index in [1.54, 1.807) is 6.20 Å². The fraction of sp³-hybridized carbons (Fsp3) is 0.182. The van der Waals surface area contributed by atoms with Gasteiger partial charge in [0.25, 0.3) is 0 Å². The molecule has 0 unspecified atom stereocenters. The van der Waals surface area contributed by atoms with Crippen LogP contribution in [0.5, 0.6) is 0 Å². The van der Waals surface area contributed by atoms with Gasteiger partial charge >= 0.3 is 0 Å². The molecule has 0 atom stereocenters. The number of rotatable bonds is 3. The standard InChI is InChI=1S/C11H11Br2N3/c12-10-5-15-16(7-10)6-9-2-1-8(4-14)3-11(9)13/h1-3,5,7H,4,6,14H2. The Morgan fingerprint density at radius 1 is 1.31 bits per heavy atom. The van der Waals surface area contributed by atoms with E-state index in [0.29, 0.717) is 6.54 Å². The molecule has 84 valence electrons. The molecule has 2 aromatic rings. The Hall–Kier alpha value is -0.650. The second-order valence-electron chi connectivity index (χ2n) is 3.49. The lowest BCUT2D eigenvalue weighted by Crippen LogP contribution is -2.02. The van der Waals surface area contributed by atoms with Crippen LogP contribution in [-0.4, -0.2) is 9.78 Å². The lowest BCUT2D eigenvalue weighted by atomic mass is 10.1. The summed E-state index contributed by atoms with van der Waals surface area (Å²) < 4.78 is 3.94. The van der Waals surface area contributed by atoms with E-state index in [1.807, 2.05) is 23.0 Å². The molecule has 0 radical (unpaired) electrons. The molecule has 2 N–H and O–H groups in total. The summed E-state index contributed by atoms with van der Waals surface area (Å²) in [6.45, 7) is 1.31. The van der Waals surface area contributed by atoms with Crippen LogP contribution in [0.1, 0.15) is 11.1 Å². The van der Waals surface area contributed by atoms with E-state index in [-0.39, 0.29) is 0 Å². The monoisotopic (exact) mass is 343 g/mol. The maximum absolute atomic E-state index is 5.58. The van der Waals surface area contributed by atoms with Crippen molar-refractivity contribution in [3.63, 3.8) is 0 Å². The molecule has 3 nitrogen and oxygen atoms in total. The second-order valence-corrected chi connectivity index (χ2v) is 5.26. The number of aromatic nitrogens is 2. The second kappa shape index (κ2) is 5.12. The summed E-state index contributed by atoms with van der Waals surface area (Å²) >= 11 is 6.92. The Morgan fingerprint density at radius 2 is 2.12 bits per heavy atom. The third kappa shape index (κ3) is 2.72. The fourth-order valence-corrected chi connectivity index (χ4v) is 2.32. The Kier molecular flexibility index (Phi) is 3.78. The van der Waals surface area contributed by atoms with Crippen LogP contribution >= 0.6 is 31.9 Å². The zero-order valence-corrected chi connectivity index (χ0v) is 11.7. The predicted molar refractivity (Wildman–Crippen MR) is 71.1 cm³/mol. The number of nitrogens with two attached hydrogens (primary N) is 1. The summed E-state index contributed by atoms with van der Waals surface area (Å²) in [6.07, 6.45) is 3.73. The number of hydrogen-bond acceptors (Lipinski definition) is 2. The minimum absolute atomic E-state index is 0.562. The van der Waals surface area contributed by atoms with E-state index in [4.69, 9.17) is 5.73 Å². The van der Waals surface area contributed by atoms with E-state index < -0.39 is 0 Å². The number of hydrogen-bond donors (Lipinski definition) is 1. The minimum Gasteiger partial charge on any atom is -0.326 e. The number of benzene rings is 1. The van der Waals surface area contributed by atoms with Crippen LogP contribution in [-0.2, 0) is 13.1 Å². The Morgan fingerprint density at radius 3 is 2.69 bits per heavy atom. The molecule has 5 heteroatoms. The Bertz CT molecular complexity index is 494. The van der Waals surface area contributed by atoms with Gasteiger partial charge in [-0.25, -0.2) is 0 Å². The van der Waals surface area contributed by atoms with Gasteiger partial charge in [-0.2, -0.15) is 5.10 Å². The van der Waals surface area contributed by atoms with Crippen molar-refractivity contribution in [1.82, 2.24) is 9.78 Å². The molecule has 0 aliphatic carbocycles. The normalized spacial score (nSPS) is 10.7. The summed E-state index contributed by atoms with van der Waals surface area (Å²) in [6, 6.07) is 6.16. The molecule has 1 heterocycles. The third-order valence-electron chi connectivity index (χ3n) is 2.29. The summed E-state index contributed by atoms with van der Waals surface area (Å²) in [7, 11) is 0. The van der Waals surface area contributed by atoms with Crippen LogP contribution in [0.2, 0.25) is 0 Å². The van der Waals surface area contributed by atoms with Crippen molar-refractivity contribution in [2.24, 2.45) is 5.73 Å². The molecule has 1 aromatic carbocycles. The van der Waals surface area contributed by atoms with Crippen LogP contribution in [0.4, 0.5) is 0 Å². The Balaban J connectivity index is 2.21.